The molecule has 0 aliphatic rings. The third-order valence-corrected chi connectivity index (χ3v) is 5.29. The highest BCUT2D eigenvalue weighted by Gasteiger charge is 2.09. The third kappa shape index (κ3) is 6.52. The lowest BCUT2D eigenvalue weighted by atomic mass is 10.3. The van der Waals surface area contributed by atoms with E-state index in [1.807, 2.05) is 18.5 Å². The summed E-state index contributed by atoms with van der Waals surface area (Å²) in [6.45, 7) is 1.23. The second-order valence-electron chi connectivity index (χ2n) is 3.68. The Kier molecular flexibility index (Phi) is 6.65. The molecule has 0 fully saturated rings. The van der Waals surface area contributed by atoms with E-state index >= 15 is 0 Å². The lowest BCUT2D eigenvalue weighted by Gasteiger charge is -2.05. The summed E-state index contributed by atoms with van der Waals surface area (Å²) in [4.78, 5) is 1.01. The number of rotatable bonds is 8. The van der Waals surface area contributed by atoms with E-state index in [-0.39, 0.29) is 5.75 Å². The molecule has 0 amide bonds. The Labute approximate surface area is 115 Å². The summed E-state index contributed by atoms with van der Waals surface area (Å²) >= 11 is 4.88. The fraction of sp³-hybridized carbons (Fsp3) is 0.600. The van der Waals surface area contributed by atoms with E-state index in [0.29, 0.717) is 13.0 Å². The van der Waals surface area contributed by atoms with Crippen LogP contribution in [0.1, 0.15) is 17.7 Å². The van der Waals surface area contributed by atoms with Gasteiger partial charge in [0.2, 0.25) is 10.0 Å². The molecule has 1 aromatic rings. The summed E-state index contributed by atoms with van der Waals surface area (Å²) in [5.41, 5.74) is 0. The van der Waals surface area contributed by atoms with Crippen LogP contribution in [0.5, 0.6) is 0 Å². The number of hydrogen-bond acceptors (Lipinski definition) is 4. The average molecular weight is 341 g/mol. The van der Waals surface area contributed by atoms with Gasteiger partial charge < -0.3 is 5.32 Å². The maximum atomic E-state index is 11.6. The van der Waals surface area contributed by atoms with Crippen LogP contribution in [-0.4, -0.2) is 27.8 Å². The molecule has 0 aromatic carbocycles. The molecular weight excluding hydrogens is 324 g/mol. The SMILES string of the molecule is CNCCCCS(=O)(=O)NCc1cc(Br)cs1. The molecule has 0 spiro atoms. The van der Waals surface area contributed by atoms with E-state index in [1.54, 1.807) is 0 Å². The standard InChI is InChI=1S/C10H17BrN2O2S2/c1-12-4-2-3-5-17(14,15)13-7-10-6-9(11)8-16-10/h6,8,12-13H,2-5,7H2,1H3. The molecule has 1 heterocycles. The molecule has 2 N–H and O–H groups in total. The lowest BCUT2D eigenvalue weighted by molar-refractivity contribution is 0.576. The van der Waals surface area contributed by atoms with E-state index < -0.39 is 10.0 Å². The molecule has 0 saturated carbocycles. The van der Waals surface area contributed by atoms with E-state index in [1.165, 1.54) is 11.3 Å². The summed E-state index contributed by atoms with van der Waals surface area (Å²) in [6.07, 6.45) is 1.56. The average Bonchev–Trinajstić information content (AvgIpc) is 2.68. The van der Waals surface area contributed by atoms with Crippen LogP contribution < -0.4 is 10.0 Å². The predicted molar refractivity (Wildman–Crippen MR) is 75.8 cm³/mol. The zero-order valence-electron chi connectivity index (χ0n) is 9.70. The van der Waals surface area contributed by atoms with Crippen molar-refractivity contribution in [2.75, 3.05) is 19.3 Å². The van der Waals surface area contributed by atoms with Gasteiger partial charge in [0.05, 0.1) is 5.75 Å². The van der Waals surface area contributed by atoms with Gasteiger partial charge >= 0.3 is 0 Å². The monoisotopic (exact) mass is 340 g/mol. The number of sulfonamides is 1. The molecule has 7 heteroatoms. The van der Waals surface area contributed by atoms with Crippen molar-refractivity contribution < 1.29 is 8.42 Å². The molecule has 4 nitrogen and oxygen atoms in total. The molecule has 98 valence electrons. The van der Waals surface area contributed by atoms with Crippen molar-refractivity contribution in [1.82, 2.24) is 10.0 Å². The summed E-state index contributed by atoms with van der Waals surface area (Å²) in [7, 11) is -1.27. The molecule has 0 unspecified atom stereocenters. The second kappa shape index (κ2) is 7.48. The van der Waals surface area contributed by atoms with Crippen molar-refractivity contribution in [1.29, 1.82) is 0 Å². The molecule has 0 aliphatic heterocycles. The normalized spacial score (nSPS) is 11.9. The van der Waals surface area contributed by atoms with Crippen LogP contribution in [0.4, 0.5) is 0 Å². The van der Waals surface area contributed by atoms with Crippen molar-refractivity contribution in [3.63, 3.8) is 0 Å². The fourth-order valence-corrected chi connectivity index (χ4v) is 3.88. The van der Waals surface area contributed by atoms with Gasteiger partial charge in [0.1, 0.15) is 0 Å². The van der Waals surface area contributed by atoms with E-state index in [4.69, 9.17) is 0 Å². The van der Waals surface area contributed by atoms with Crippen LogP contribution in [-0.2, 0) is 16.6 Å². The van der Waals surface area contributed by atoms with E-state index in [2.05, 4.69) is 26.0 Å². The van der Waals surface area contributed by atoms with Gasteiger partial charge in [-0.3, -0.25) is 0 Å². The summed E-state index contributed by atoms with van der Waals surface area (Å²) < 4.78 is 26.9. The van der Waals surface area contributed by atoms with E-state index in [9.17, 15) is 8.42 Å². The Hall–Kier alpha value is 0.0500. The maximum Gasteiger partial charge on any atom is 0.211 e. The van der Waals surface area contributed by atoms with Crippen molar-refractivity contribution in [2.45, 2.75) is 19.4 Å². The first kappa shape index (κ1) is 15.1. The Morgan fingerprint density at radius 1 is 1.41 bits per heavy atom. The number of unbranched alkanes of at least 4 members (excludes halogenated alkanes) is 1. The highest BCUT2D eigenvalue weighted by atomic mass is 79.9. The number of thiophene rings is 1. The molecular formula is C10H17BrN2O2S2. The largest absolute Gasteiger partial charge is 0.320 e. The zero-order chi connectivity index (χ0) is 12.7. The van der Waals surface area contributed by atoms with Crippen LogP contribution in [0.25, 0.3) is 0 Å². The lowest BCUT2D eigenvalue weighted by Crippen LogP contribution is -2.26. The minimum absolute atomic E-state index is 0.196. The van der Waals surface area contributed by atoms with Gasteiger partial charge in [-0.05, 0) is 48.4 Å². The van der Waals surface area contributed by atoms with E-state index in [0.717, 1.165) is 22.3 Å². The van der Waals surface area contributed by atoms with Crippen LogP contribution in [0.2, 0.25) is 0 Å². The van der Waals surface area contributed by atoms with Gasteiger partial charge in [-0.15, -0.1) is 11.3 Å². The summed E-state index contributed by atoms with van der Waals surface area (Å²) in [5.74, 6) is 0.196. The topological polar surface area (TPSA) is 58.2 Å². The van der Waals surface area contributed by atoms with Crippen molar-refractivity contribution in [3.05, 3.63) is 20.8 Å². The minimum Gasteiger partial charge on any atom is -0.320 e. The van der Waals surface area contributed by atoms with Gasteiger partial charge in [-0.25, -0.2) is 13.1 Å². The highest BCUT2D eigenvalue weighted by molar-refractivity contribution is 9.10. The minimum atomic E-state index is -3.14. The summed E-state index contributed by atoms with van der Waals surface area (Å²) in [6, 6.07) is 1.92. The van der Waals surface area contributed by atoms with Crippen molar-refractivity contribution >= 4 is 37.3 Å². The van der Waals surface area contributed by atoms with Gasteiger partial charge in [0.25, 0.3) is 0 Å². The maximum absolute atomic E-state index is 11.6. The quantitative estimate of drug-likeness (QED) is 0.711. The van der Waals surface area contributed by atoms with Crippen LogP contribution in [0.3, 0.4) is 0 Å². The smallest absolute Gasteiger partial charge is 0.211 e. The van der Waals surface area contributed by atoms with Crippen LogP contribution in [0.15, 0.2) is 15.9 Å². The molecule has 1 aromatic heterocycles. The van der Waals surface area contributed by atoms with Crippen LogP contribution >= 0.6 is 27.3 Å². The molecule has 0 bridgehead atoms. The van der Waals surface area contributed by atoms with Gasteiger partial charge in [-0.2, -0.15) is 0 Å². The Morgan fingerprint density at radius 3 is 2.76 bits per heavy atom. The Balaban J connectivity index is 2.29. The summed E-state index contributed by atoms with van der Waals surface area (Å²) in [5, 5.41) is 4.94. The zero-order valence-corrected chi connectivity index (χ0v) is 12.9. The second-order valence-corrected chi connectivity index (χ2v) is 7.52. The van der Waals surface area contributed by atoms with Gasteiger partial charge in [0.15, 0.2) is 0 Å². The molecule has 0 atom stereocenters. The first-order valence-electron chi connectivity index (χ1n) is 5.38. The molecule has 1 rings (SSSR count). The Morgan fingerprint density at radius 2 is 2.18 bits per heavy atom. The fourth-order valence-electron chi connectivity index (χ4n) is 1.29. The number of nitrogens with one attached hydrogen (secondary N) is 2. The van der Waals surface area contributed by atoms with Crippen molar-refractivity contribution in [2.24, 2.45) is 0 Å². The number of hydrogen-bond donors (Lipinski definition) is 2. The molecule has 17 heavy (non-hydrogen) atoms. The number of halogens is 1. The first-order valence-corrected chi connectivity index (χ1v) is 8.71. The predicted octanol–water partition coefficient (Wildman–Crippen LogP) is 1.93. The third-order valence-electron chi connectivity index (χ3n) is 2.18. The first-order chi connectivity index (χ1) is 8.03. The van der Waals surface area contributed by atoms with Gasteiger partial charge in [0, 0.05) is 21.3 Å². The highest BCUT2D eigenvalue weighted by Crippen LogP contribution is 2.19. The van der Waals surface area contributed by atoms with Crippen molar-refractivity contribution in [3.8, 4) is 0 Å². The molecule has 0 radical (unpaired) electrons. The molecule has 0 aliphatic carbocycles. The Bertz CT molecular complexity index is 431. The van der Waals surface area contributed by atoms with Crippen LogP contribution in [0, 0.1) is 0 Å². The van der Waals surface area contributed by atoms with Gasteiger partial charge in [-0.1, -0.05) is 0 Å². The molecule has 0 saturated heterocycles.